The van der Waals surface area contributed by atoms with E-state index in [4.69, 9.17) is 0 Å². The summed E-state index contributed by atoms with van der Waals surface area (Å²) in [7, 11) is 1.57. The van der Waals surface area contributed by atoms with Crippen LogP contribution >= 0.6 is 0 Å². The number of nitrogens with zero attached hydrogens (tertiary/aromatic N) is 1. The number of aryl methyl sites for hydroxylation is 1. The molecule has 0 fully saturated rings. The molecule has 0 amide bonds. The summed E-state index contributed by atoms with van der Waals surface area (Å²) in [6.07, 6.45) is 1.44. The number of carbonyl (C=O) groups excluding carboxylic acids is 2. The fourth-order valence-electron chi connectivity index (χ4n) is 3.13. The number of hydrogen-bond donors (Lipinski definition) is 1. The largest absolute Gasteiger partial charge is 0.508 e. The molecule has 1 heterocycles. The molecule has 0 aliphatic carbocycles. The monoisotopic (exact) mass is 369 g/mol. The second-order valence-corrected chi connectivity index (χ2v) is 6.34. The molecule has 138 valence electrons. The standard InChI is InChI=1S/C21H17F2NO3/c1-11-16(22)8-9-17(23)18(11)19-15(12(2)25)10-24(3)20(19)21(27)13-4-6-14(26)7-5-13/h4-10,26H,1-3H3. The van der Waals surface area contributed by atoms with Gasteiger partial charge in [-0.2, -0.15) is 0 Å². The van der Waals surface area contributed by atoms with E-state index < -0.39 is 17.4 Å². The minimum atomic E-state index is -0.720. The van der Waals surface area contributed by atoms with Gasteiger partial charge in [-0.1, -0.05) is 0 Å². The van der Waals surface area contributed by atoms with Crippen LogP contribution in [0.15, 0.2) is 42.6 Å². The number of halogens is 2. The maximum atomic E-state index is 14.6. The summed E-state index contributed by atoms with van der Waals surface area (Å²) in [5, 5.41) is 9.42. The Kier molecular flexibility index (Phi) is 4.66. The Labute approximate surface area is 154 Å². The van der Waals surface area contributed by atoms with Gasteiger partial charge in [-0.3, -0.25) is 9.59 Å². The molecule has 4 nitrogen and oxygen atoms in total. The first-order chi connectivity index (χ1) is 12.7. The lowest BCUT2D eigenvalue weighted by atomic mass is 9.92. The zero-order valence-corrected chi connectivity index (χ0v) is 15.0. The summed E-state index contributed by atoms with van der Waals surface area (Å²) in [6, 6.07) is 7.55. The van der Waals surface area contributed by atoms with E-state index in [0.29, 0.717) is 0 Å². The lowest BCUT2D eigenvalue weighted by molar-refractivity contribution is 0.101. The Hall–Kier alpha value is -3.28. The molecule has 0 aliphatic rings. The molecule has 27 heavy (non-hydrogen) atoms. The molecule has 0 saturated heterocycles. The SMILES string of the molecule is CC(=O)c1cn(C)c(C(=O)c2ccc(O)cc2)c1-c1c(F)ccc(F)c1C. The van der Waals surface area contributed by atoms with Gasteiger partial charge < -0.3 is 9.67 Å². The third-order valence-electron chi connectivity index (χ3n) is 4.50. The molecule has 0 aliphatic heterocycles. The Morgan fingerprint density at radius 2 is 1.56 bits per heavy atom. The van der Waals surface area contributed by atoms with Crippen LogP contribution in [0.25, 0.3) is 11.1 Å². The van der Waals surface area contributed by atoms with Crippen LogP contribution in [0.3, 0.4) is 0 Å². The van der Waals surface area contributed by atoms with Gasteiger partial charge in [0.1, 0.15) is 17.4 Å². The van der Waals surface area contributed by atoms with Crippen molar-refractivity contribution in [3.8, 4) is 16.9 Å². The van der Waals surface area contributed by atoms with E-state index in [9.17, 15) is 23.5 Å². The fraction of sp³-hybridized carbons (Fsp3) is 0.143. The van der Waals surface area contributed by atoms with Crippen molar-refractivity contribution in [1.82, 2.24) is 4.57 Å². The van der Waals surface area contributed by atoms with Gasteiger partial charge >= 0.3 is 0 Å². The van der Waals surface area contributed by atoms with Gasteiger partial charge in [-0.05, 0) is 55.8 Å². The van der Waals surface area contributed by atoms with Gasteiger partial charge in [0.15, 0.2) is 5.78 Å². The minimum Gasteiger partial charge on any atom is -0.508 e. The first kappa shape index (κ1) is 18.5. The van der Waals surface area contributed by atoms with E-state index >= 15 is 0 Å². The van der Waals surface area contributed by atoms with E-state index in [1.807, 2.05) is 0 Å². The number of aromatic hydroxyl groups is 1. The van der Waals surface area contributed by atoms with Crippen LogP contribution in [0, 0.1) is 18.6 Å². The highest BCUT2D eigenvalue weighted by molar-refractivity contribution is 6.16. The maximum absolute atomic E-state index is 14.6. The molecule has 1 N–H and O–H groups in total. The van der Waals surface area contributed by atoms with Crippen molar-refractivity contribution < 1.29 is 23.5 Å². The molecule has 6 heteroatoms. The van der Waals surface area contributed by atoms with Crippen molar-refractivity contribution in [3.05, 3.63) is 76.6 Å². The van der Waals surface area contributed by atoms with E-state index in [1.165, 1.54) is 48.9 Å². The highest BCUT2D eigenvalue weighted by Gasteiger charge is 2.28. The zero-order valence-electron chi connectivity index (χ0n) is 15.0. The normalized spacial score (nSPS) is 10.9. The molecule has 0 unspecified atom stereocenters. The van der Waals surface area contributed by atoms with Crippen molar-refractivity contribution in [1.29, 1.82) is 0 Å². The fourth-order valence-corrected chi connectivity index (χ4v) is 3.13. The van der Waals surface area contributed by atoms with Crippen molar-refractivity contribution in [2.45, 2.75) is 13.8 Å². The Balaban J connectivity index is 2.34. The highest BCUT2D eigenvalue weighted by Crippen LogP contribution is 2.36. The molecular weight excluding hydrogens is 352 g/mol. The topological polar surface area (TPSA) is 59.3 Å². The van der Waals surface area contributed by atoms with Crippen LogP contribution in [0.4, 0.5) is 8.78 Å². The zero-order chi connectivity index (χ0) is 19.9. The van der Waals surface area contributed by atoms with Crippen molar-refractivity contribution in [3.63, 3.8) is 0 Å². The second-order valence-electron chi connectivity index (χ2n) is 6.34. The minimum absolute atomic E-state index is 0.00454. The average molecular weight is 369 g/mol. The van der Waals surface area contributed by atoms with Crippen molar-refractivity contribution >= 4 is 11.6 Å². The van der Waals surface area contributed by atoms with Gasteiger partial charge in [-0.15, -0.1) is 0 Å². The van der Waals surface area contributed by atoms with E-state index in [1.54, 1.807) is 7.05 Å². The predicted octanol–water partition coefficient (Wildman–Crippen LogP) is 4.42. The van der Waals surface area contributed by atoms with Gasteiger partial charge in [0.25, 0.3) is 0 Å². The number of hydrogen-bond acceptors (Lipinski definition) is 3. The molecule has 0 bridgehead atoms. The van der Waals surface area contributed by atoms with Crippen molar-refractivity contribution in [2.24, 2.45) is 7.05 Å². The third-order valence-corrected chi connectivity index (χ3v) is 4.50. The Morgan fingerprint density at radius 3 is 2.15 bits per heavy atom. The summed E-state index contributed by atoms with van der Waals surface area (Å²) in [5.74, 6) is -2.19. The Morgan fingerprint density at radius 1 is 0.963 bits per heavy atom. The van der Waals surface area contributed by atoms with Crippen LogP contribution in [-0.4, -0.2) is 21.2 Å². The molecule has 3 aromatic rings. The van der Waals surface area contributed by atoms with Crippen LogP contribution in [0.2, 0.25) is 0 Å². The summed E-state index contributed by atoms with van der Waals surface area (Å²) in [6.45, 7) is 2.71. The number of phenolic OH excluding ortho intramolecular Hbond substituents is 1. The number of aromatic nitrogens is 1. The molecule has 0 saturated carbocycles. The van der Waals surface area contributed by atoms with Crippen molar-refractivity contribution in [2.75, 3.05) is 0 Å². The molecular formula is C21H17F2NO3. The number of carbonyl (C=O) groups is 2. The number of phenols is 1. The summed E-state index contributed by atoms with van der Waals surface area (Å²) >= 11 is 0. The first-order valence-electron chi connectivity index (χ1n) is 8.21. The lowest BCUT2D eigenvalue weighted by Crippen LogP contribution is -2.10. The number of Topliss-reactive ketones (excluding diaryl/α,β-unsaturated/α-hetero) is 1. The molecule has 0 radical (unpaired) electrons. The molecule has 3 rings (SSSR count). The summed E-state index contributed by atoms with van der Waals surface area (Å²) in [4.78, 5) is 25.2. The maximum Gasteiger partial charge on any atom is 0.210 e. The van der Waals surface area contributed by atoms with Crippen LogP contribution in [0.1, 0.15) is 38.9 Å². The second kappa shape index (κ2) is 6.79. The molecule has 1 aromatic heterocycles. The quantitative estimate of drug-likeness (QED) is 0.693. The van der Waals surface area contributed by atoms with Crippen LogP contribution < -0.4 is 0 Å². The number of benzene rings is 2. The summed E-state index contributed by atoms with van der Waals surface area (Å²) in [5.41, 5.74) is 0.425. The van der Waals surface area contributed by atoms with Gasteiger partial charge in [0, 0.05) is 35.5 Å². The van der Waals surface area contributed by atoms with E-state index in [-0.39, 0.29) is 45.0 Å². The van der Waals surface area contributed by atoms with Crippen LogP contribution in [-0.2, 0) is 7.05 Å². The number of rotatable bonds is 4. The molecule has 2 aromatic carbocycles. The van der Waals surface area contributed by atoms with Gasteiger partial charge in [0.05, 0.1) is 5.69 Å². The average Bonchev–Trinajstić information content (AvgIpc) is 2.96. The van der Waals surface area contributed by atoms with E-state index in [2.05, 4.69) is 0 Å². The smallest absolute Gasteiger partial charge is 0.210 e. The number of ketones is 2. The third kappa shape index (κ3) is 3.14. The van der Waals surface area contributed by atoms with E-state index in [0.717, 1.165) is 12.1 Å². The van der Waals surface area contributed by atoms with Gasteiger partial charge in [0.2, 0.25) is 5.78 Å². The Bertz CT molecular complexity index is 1070. The first-order valence-corrected chi connectivity index (χ1v) is 8.21. The molecule has 0 spiro atoms. The predicted molar refractivity (Wildman–Crippen MR) is 97.0 cm³/mol. The van der Waals surface area contributed by atoms with Gasteiger partial charge in [-0.25, -0.2) is 8.78 Å². The lowest BCUT2D eigenvalue weighted by Gasteiger charge is -2.12. The molecule has 0 atom stereocenters. The summed E-state index contributed by atoms with van der Waals surface area (Å²) < 4.78 is 30.2. The van der Waals surface area contributed by atoms with Crippen LogP contribution in [0.5, 0.6) is 5.75 Å². The highest BCUT2D eigenvalue weighted by atomic mass is 19.1.